The van der Waals surface area contributed by atoms with E-state index < -0.39 is 12.0 Å². The number of esters is 1. The Morgan fingerprint density at radius 2 is 1.67 bits per heavy atom. The summed E-state index contributed by atoms with van der Waals surface area (Å²) in [6.45, 7) is 3.90. The number of carbonyl (C=O) groups is 1. The van der Waals surface area contributed by atoms with Gasteiger partial charge in [0.2, 0.25) is 0 Å². The van der Waals surface area contributed by atoms with Gasteiger partial charge in [0.1, 0.15) is 17.5 Å². The highest BCUT2D eigenvalue weighted by atomic mass is 32.1. The van der Waals surface area contributed by atoms with Crippen LogP contribution in [0.15, 0.2) is 100 Å². The van der Waals surface area contributed by atoms with Gasteiger partial charge in [-0.25, -0.2) is 9.79 Å². The zero-order valence-corrected chi connectivity index (χ0v) is 25.1. The fraction of sp³-hybridized carbons (Fsp3) is 0.171. The predicted octanol–water partition coefficient (Wildman–Crippen LogP) is 5.41. The number of rotatable bonds is 7. The van der Waals surface area contributed by atoms with Crippen LogP contribution < -0.4 is 24.4 Å². The Morgan fingerprint density at radius 3 is 2.40 bits per heavy atom. The number of aryl methyl sites for hydroxylation is 1. The van der Waals surface area contributed by atoms with Crippen molar-refractivity contribution in [2.75, 3.05) is 20.8 Å². The fourth-order valence-corrected chi connectivity index (χ4v) is 6.59. The van der Waals surface area contributed by atoms with Crippen molar-refractivity contribution in [1.82, 2.24) is 4.57 Å². The molecule has 0 radical (unpaired) electrons. The van der Waals surface area contributed by atoms with E-state index in [1.54, 1.807) is 25.7 Å². The van der Waals surface area contributed by atoms with Crippen molar-refractivity contribution in [3.63, 3.8) is 0 Å². The van der Waals surface area contributed by atoms with Gasteiger partial charge in [0.15, 0.2) is 4.80 Å². The third kappa shape index (κ3) is 5.04. The summed E-state index contributed by atoms with van der Waals surface area (Å²) in [6, 6.07) is 26.2. The largest absolute Gasteiger partial charge is 0.496 e. The van der Waals surface area contributed by atoms with E-state index >= 15 is 0 Å². The van der Waals surface area contributed by atoms with Gasteiger partial charge in [0, 0.05) is 11.1 Å². The van der Waals surface area contributed by atoms with Gasteiger partial charge in [0.05, 0.1) is 36.6 Å². The van der Waals surface area contributed by atoms with Gasteiger partial charge in [-0.2, -0.15) is 0 Å². The van der Waals surface area contributed by atoms with Crippen molar-refractivity contribution < 1.29 is 19.0 Å². The van der Waals surface area contributed by atoms with Crippen LogP contribution in [-0.2, 0) is 9.53 Å². The van der Waals surface area contributed by atoms with Crippen LogP contribution in [0, 0.1) is 6.92 Å². The second-order valence-electron chi connectivity index (χ2n) is 10.1. The Balaban J connectivity index is 1.72. The first kappa shape index (κ1) is 28.2. The van der Waals surface area contributed by atoms with Gasteiger partial charge in [-0.05, 0) is 60.0 Å². The van der Waals surface area contributed by atoms with Crippen molar-refractivity contribution in [2.45, 2.75) is 19.9 Å². The van der Waals surface area contributed by atoms with Crippen LogP contribution in [-0.4, -0.2) is 31.4 Å². The van der Waals surface area contributed by atoms with Gasteiger partial charge in [-0.1, -0.05) is 78.1 Å². The summed E-state index contributed by atoms with van der Waals surface area (Å²) < 4.78 is 19.0. The molecule has 4 aromatic carbocycles. The highest BCUT2D eigenvalue weighted by Crippen LogP contribution is 2.42. The van der Waals surface area contributed by atoms with Crippen molar-refractivity contribution in [1.29, 1.82) is 0 Å². The smallest absolute Gasteiger partial charge is 0.338 e. The molecule has 1 aromatic heterocycles. The zero-order chi connectivity index (χ0) is 30.1. The number of fused-ring (bicyclic) bond motifs is 2. The maximum Gasteiger partial charge on any atom is 0.338 e. The molecule has 2 heterocycles. The van der Waals surface area contributed by atoms with Crippen LogP contribution in [0.4, 0.5) is 0 Å². The average Bonchev–Trinajstić information content (AvgIpc) is 3.34. The third-order valence-corrected chi connectivity index (χ3v) is 8.50. The molecule has 0 fully saturated rings. The van der Waals surface area contributed by atoms with E-state index in [2.05, 4.69) is 0 Å². The van der Waals surface area contributed by atoms with E-state index in [-0.39, 0.29) is 17.7 Å². The van der Waals surface area contributed by atoms with Crippen molar-refractivity contribution >= 4 is 39.9 Å². The molecule has 0 N–H and O–H groups in total. The molecule has 1 aliphatic heterocycles. The molecule has 0 amide bonds. The molecule has 43 heavy (non-hydrogen) atoms. The summed E-state index contributed by atoms with van der Waals surface area (Å²) in [4.78, 5) is 33.7. The second kappa shape index (κ2) is 11.7. The maximum absolute atomic E-state index is 14.4. The lowest BCUT2D eigenvalue weighted by Crippen LogP contribution is -2.40. The molecule has 1 aliphatic rings. The van der Waals surface area contributed by atoms with Gasteiger partial charge in [-0.3, -0.25) is 9.36 Å². The first-order chi connectivity index (χ1) is 20.9. The molecule has 7 nitrogen and oxygen atoms in total. The van der Waals surface area contributed by atoms with Crippen LogP contribution in [0.5, 0.6) is 11.5 Å². The molecule has 0 bridgehead atoms. The molecule has 5 aromatic rings. The molecule has 8 heteroatoms. The van der Waals surface area contributed by atoms with Gasteiger partial charge < -0.3 is 14.2 Å². The normalized spacial score (nSPS) is 14.8. The average molecular weight is 591 g/mol. The Labute approximate surface area is 252 Å². The Bertz CT molecular complexity index is 2080. The molecule has 0 saturated carbocycles. The van der Waals surface area contributed by atoms with Crippen LogP contribution in [0.2, 0.25) is 0 Å². The Hall–Kier alpha value is -4.95. The second-order valence-corrected chi connectivity index (χ2v) is 11.1. The zero-order valence-electron chi connectivity index (χ0n) is 24.3. The summed E-state index contributed by atoms with van der Waals surface area (Å²) in [5, 5.41) is 1.82. The molecule has 1 atom stereocenters. The molecule has 0 spiro atoms. The minimum absolute atomic E-state index is 0.172. The van der Waals surface area contributed by atoms with E-state index in [1.165, 1.54) is 11.3 Å². The summed E-state index contributed by atoms with van der Waals surface area (Å²) in [6.07, 6.45) is 1.85. The number of aromatic nitrogens is 1. The number of carbonyl (C=O) groups excluding carboxylic acids is 1. The first-order valence-corrected chi connectivity index (χ1v) is 14.8. The number of benzene rings is 4. The molecular formula is C35H30N2O5S. The minimum atomic E-state index is -0.855. The minimum Gasteiger partial charge on any atom is -0.496 e. The summed E-state index contributed by atoms with van der Waals surface area (Å²) in [7, 11) is 3.22. The molecular weight excluding hydrogens is 560 g/mol. The monoisotopic (exact) mass is 590 g/mol. The molecule has 216 valence electrons. The van der Waals surface area contributed by atoms with E-state index in [1.807, 2.05) is 97.9 Å². The van der Waals surface area contributed by atoms with E-state index in [0.717, 1.165) is 33.2 Å². The molecule has 0 unspecified atom stereocenters. The lowest BCUT2D eigenvalue weighted by atomic mass is 9.89. The van der Waals surface area contributed by atoms with E-state index in [0.29, 0.717) is 26.3 Å². The van der Waals surface area contributed by atoms with Crippen LogP contribution in [0.3, 0.4) is 0 Å². The van der Waals surface area contributed by atoms with Crippen molar-refractivity contribution in [3.8, 4) is 11.5 Å². The van der Waals surface area contributed by atoms with Gasteiger partial charge >= 0.3 is 5.97 Å². The summed E-state index contributed by atoms with van der Waals surface area (Å²) >= 11 is 1.29. The standard InChI is InChI=1S/C35H30N2O5S/c1-5-42-34(39)30-31(24-12-7-6-8-13-24)36-35-37(32(30)29-25-14-10-9-11-23(25)16-18-27(29)41-4)33(38)28(43-35)20-22-15-17-26(40-3)21(2)19-22/h6-20,32H,5H2,1-4H3/t32-/m0/s1. The Kier molecular flexibility index (Phi) is 7.69. The molecule has 0 aliphatic carbocycles. The summed E-state index contributed by atoms with van der Waals surface area (Å²) in [5.74, 6) is 0.790. The lowest BCUT2D eigenvalue weighted by Gasteiger charge is -2.28. The number of hydrogen-bond acceptors (Lipinski definition) is 7. The van der Waals surface area contributed by atoms with Crippen LogP contribution in [0.1, 0.15) is 35.2 Å². The topological polar surface area (TPSA) is 79.1 Å². The van der Waals surface area contributed by atoms with Crippen LogP contribution in [0.25, 0.3) is 22.5 Å². The predicted molar refractivity (Wildman–Crippen MR) is 169 cm³/mol. The highest BCUT2D eigenvalue weighted by Gasteiger charge is 2.37. The van der Waals surface area contributed by atoms with E-state index in [4.69, 9.17) is 19.2 Å². The lowest BCUT2D eigenvalue weighted by molar-refractivity contribution is -0.138. The molecule has 6 rings (SSSR count). The van der Waals surface area contributed by atoms with Crippen molar-refractivity contribution in [3.05, 3.63) is 132 Å². The van der Waals surface area contributed by atoms with Gasteiger partial charge in [-0.15, -0.1) is 0 Å². The number of thiazole rings is 1. The quantitative estimate of drug-likeness (QED) is 0.237. The maximum atomic E-state index is 14.4. The highest BCUT2D eigenvalue weighted by molar-refractivity contribution is 7.07. The number of methoxy groups -OCH3 is 2. The number of hydrogen-bond donors (Lipinski definition) is 0. The SMILES string of the molecule is CCOC(=O)C1=C(c2ccccc2)N=c2sc(=Cc3ccc(OC)c(C)c3)c(=O)n2[C@H]1c1c(OC)ccc2ccccc12. The third-order valence-electron chi connectivity index (χ3n) is 7.51. The summed E-state index contributed by atoms with van der Waals surface area (Å²) in [5.41, 5.74) is 3.74. The van der Waals surface area contributed by atoms with E-state index in [9.17, 15) is 9.59 Å². The fourth-order valence-electron chi connectivity index (χ4n) is 5.59. The van der Waals surface area contributed by atoms with Crippen LogP contribution >= 0.6 is 11.3 Å². The first-order valence-electron chi connectivity index (χ1n) is 13.9. The molecule has 0 saturated heterocycles. The number of nitrogens with zero attached hydrogens (tertiary/aromatic N) is 2. The number of ether oxygens (including phenoxy) is 3. The van der Waals surface area contributed by atoms with Gasteiger partial charge in [0.25, 0.3) is 5.56 Å². The van der Waals surface area contributed by atoms with Crippen molar-refractivity contribution in [2.24, 2.45) is 4.99 Å². The Morgan fingerprint density at radius 1 is 0.953 bits per heavy atom.